The Kier molecular flexibility index (Phi) is 4.47. The van der Waals surface area contributed by atoms with Crippen LogP contribution >= 0.6 is 0 Å². The van der Waals surface area contributed by atoms with Crippen molar-refractivity contribution in [1.82, 2.24) is 25.4 Å². The minimum atomic E-state index is 0.156. The number of rotatable bonds is 3. The fraction of sp³-hybridized carbons (Fsp3) is 0.812. The second kappa shape index (κ2) is 6.36. The Morgan fingerprint density at radius 3 is 2.91 bits per heavy atom. The molecule has 22 heavy (non-hydrogen) atoms. The van der Waals surface area contributed by atoms with Crippen molar-refractivity contribution in [3.05, 3.63) is 11.6 Å². The van der Waals surface area contributed by atoms with Crippen LogP contribution in [0.5, 0.6) is 0 Å². The lowest BCUT2D eigenvalue weighted by Crippen LogP contribution is -2.47. The molecule has 1 aromatic heterocycles. The van der Waals surface area contributed by atoms with Crippen LogP contribution in [0.3, 0.4) is 0 Å². The zero-order valence-electron chi connectivity index (χ0n) is 13.8. The summed E-state index contributed by atoms with van der Waals surface area (Å²) in [6, 6.07) is 0.645. The van der Waals surface area contributed by atoms with E-state index >= 15 is 0 Å². The topological polar surface area (TPSA) is 71.8 Å². The Labute approximate surface area is 132 Å². The van der Waals surface area contributed by atoms with Gasteiger partial charge in [-0.3, -0.25) is 4.79 Å². The average molecular weight is 305 g/mol. The number of hydrogen-bond donors (Lipinski definition) is 2. The molecule has 3 rings (SSSR count). The summed E-state index contributed by atoms with van der Waals surface area (Å²) in [4.78, 5) is 12.5. The lowest BCUT2D eigenvalue weighted by Gasteiger charge is -2.31. The first-order chi connectivity index (χ1) is 10.5. The highest BCUT2D eigenvalue weighted by atomic mass is 16.2. The average Bonchev–Trinajstić information content (AvgIpc) is 2.90. The van der Waals surface area contributed by atoms with E-state index in [1.165, 1.54) is 0 Å². The maximum absolute atomic E-state index is 12.5. The molecule has 6 nitrogen and oxygen atoms in total. The highest BCUT2D eigenvalue weighted by Crippen LogP contribution is 2.21. The lowest BCUT2D eigenvalue weighted by atomic mass is 9.92. The van der Waals surface area contributed by atoms with Crippen molar-refractivity contribution in [2.24, 2.45) is 5.92 Å². The first-order valence-corrected chi connectivity index (χ1v) is 8.50. The van der Waals surface area contributed by atoms with Crippen LogP contribution in [0.25, 0.3) is 0 Å². The maximum atomic E-state index is 12.5. The minimum Gasteiger partial charge on any atom is -0.351 e. The van der Waals surface area contributed by atoms with E-state index in [9.17, 15) is 4.79 Å². The number of fused-ring (bicyclic) bond motifs is 1. The molecule has 2 N–H and O–H groups in total. The molecule has 0 aromatic carbocycles. The quantitative estimate of drug-likeness (QED) is 0.881. The van der Waals surface area contributed by atoms with Crippen LogP contribution in [0.1, 0.15) is 57.6 Å². The van der Waals surface area contributed by atoms with Crippen LogP contribution in [-0.4, -0.2) is 39.3 Å². The Morgan fingerprint density at radius 2 is 2.18 bits per heavy atom. The summed E-state index contributed by atoms with van der Waals surface area (Å²) >= 11 is 0. The summed E-state index contributed by atoms with van der Waals surface area (Å²) < 4.78 is 2.20. The third-order valence-electron chi connectivity index (χ3n) is 4.83. The van der Waals surface area contributed by atoms with Crippen molar-refractivity contribution in [3.63, 3.8) is 0 Å². The number of nitrogens with zero attached hydrogens (tertiary/aromatic N) is 3. The molecule has 6 heteroatoms. The third-order valence-corrected chi connectivity index (χ3v) is 4.83. The summed E-state index contributed by atoms with van der Waals surface area (Å²) in [6.45, 7) is 8.17. The molecule has 0 aliphatic carbocycles. The second-order valence-electron chi connectivity index (χ2n) is 7.06. The number of aromatic nitrogens is 3. The van der Waals surface area contributed by atoms with Gasteiger partial charge in [0.05, 0.1) is 0 Å². The highest BCUT2D eigenvalue weighted by molar-refractivity contribution is 5.79. The molecule has 2 aliphatic heterocycles. The van der Waals surface area contributed by atoms with Gasteiger partial charge in [0, 0.05) is 36.9 Å². The van der Waals surface area contributed by atoms with Crippen LogP contribution in [0.15, 0.2) is 0 Å². The van der Waals surface area contributed by atoms with E-state index in [0.29, 0.717) is 12.0 Å². The summed E-state index contributed by atoms with van der Waals surface area (Å²) in [5, 5.41) is 15.2. The predicted octanol–water partition coefficient (Wildman–Crippen LogP) is 1.22. The Balaban J connectivity index is 1.62. The molecule has 1 unspecified atom stereocenters. The van der Waals surface area contributed by atoms with Crippen molar-refractivity contribution >= 4 is 5.91 Å². The third kappa shape index (κ3) is 3.16. The van der Waals surface area contributed by atoms with Gasteiger partial charge in [0.15, 0.2) is 0 Å². The molecule has 2 aliphatic rings. The standard InChI is InChI=1S/C16H27N5O/c1-10(2)15-20-19-14-5-4-13(9-21(14)15)18-16(22)12-6-7-17-11(3)8-12/h10-13,17H,4-9H2,1-3H3,(H,18,22)/t11-,12-,13?/m0/s1. The molecular weight excluding hydrogens is 278 g/mol. The molecule has 1 fully saturated rings. The molecule has 1 saturated heterocycles. The van der Waals surface area contributed by atoms with Gasteiger partial charge < -0.3 is 15.2 Å². The van der Waals surface area contributed by atoms with Crippen molar-refractivity contribution < 1.29 is 4.79 Å². The highest BCUT2D eigenvalue weighted by Gasteiger charge is 2.29. The number of carbonyl (C=O) groups excluding carboxylic acids is 1. The van der Waals surface area contributed by atoms with Gasteiger partial charge in [0.1, 0.15) is 11.6 Å². The number of hydrogen-bond acceptors (Lipinski definition) is 4. The zero-order valence-corrected chi connectivity index (χ0v) is 13.8. The Hall–Kier alpha value is -1.43. The number of amides is 1. The second-order valence-corrected chi connectivity index (χ2v) is 7.06. The van der Waals surface area contributed by atoms with Crippen molar-refractivity contribution in [2.75, 3.05) is 6.54 Å². The van der Waals surface area contributed by atoms with Gasteiger partial charge in [0.25, 0.3) is 0 Å². The van der Waals surface area contributed by atoms with E-state index in [2.05, 4.69) is 46.2 Å². The van der Waals surface area contributed by atoms with Gasteiger partial charge in [-0.15, -0.1) is 10.2 Å². The number of aryl methyl sites for hydroxylation is 1. The summed E-state index contributed by atoms with van der Waals surface area (Å²) in [7, 11) is 0. The smallest absolute Gasteiger partial charge is 0.223 e. The fourth-order valence-corrected chi connectivity index (χ4v) is 3.58. The molecule has 1 amide bonds. The molecule has 0 saturated carbocycles. The van der Waals surface area contributed by atoms with E-state index in [4.69, 9.17) is 0 Å². The predicted molar refractivity (Wildman–Crippen MR) is 84.6 cm³/mol. The van der Waals surface area contributed by atoms with Crippen molar-refractivity contribution in [2.45, 2.75) is 71.0 Å². The van der Waals surface area contributed by atoms with E-state index in [0.717, 1.165) is 50.4 Å². The van der Waals surface area contributed by atoms with Crippen molar-refractivity contribution in [3.8, 4) is 0 Å². The molecule has 0 bridgehead atoms. The van der Waals surface area contributed by atoms with Gasteiger partial charge in [-0.2, -0.15) is 0 Å². The lowest BCUT2D eigenvalue weighted by molar-refractivity contribution is -0.127. The first-order valence-electron chi connectivity index (χ1n) is 8.50. The number of nitrogens with one attached hydrogen (secondary N) is 2. The van der Waals surface area contributed by atoms with E-state index in [-0.39, 0.29) is 17.9 Å². The van der Waals surface area contributed by atoms with Gasteiger partial charge in [-0.1, -0.05) is 13.8 Å². The van der Waals surface area contributed by atoms with Crippen LogP contribution in [0.2, 0.25) is 0 Å². The molecule has 0 spiro atoms. The minimum absolute atomic E-state index is 0.156. The first kappa shape index (κ1) is 15.5. The van der Waals surface area contributed by atoms with Gasteiger partial charge in [-0.05, 0) is 32.7 Å². The van der Waals surface area contributed by atoms with Crippen LogP contribution < -0.4 is 10.6 Å². The van der Waals surface area contributed by atoms with Crippen LogP contribution in [-0.2, 0) is 17.8 Å². The molecule has 3 heterocycles. The molecule has 122 valence electrons. The summed E-state index contributed by atoms with van der Waals surface area (Å²) in [5.74, 6) is 2.83. The van der Waals surface area contributed by atoms with Crippen LogP contribution in [0, 0.1) is 5.92 Å². The number of piperidine rings is 1. The summed E-state index contributed by atoms with van der Waals surface area (Å²) in [6.07, 6.45) is 3.74. The van der Waals surface area contributed by atoms with Gasteiger partial charge >= 0.3 is 0 Å². The van der Waals surface area contributed by atoms with Crippen molar-refractivity contribution in [1.29, 1.82) is 0 Å². The van der Waals surface area contributed by atoms with Gasteiger partial charge in [0.2, 0.25) is 5.91 Å². The summed E-state index contributed by atoms with van der Waals surface area (Å²) in [5.41, 5.74) is 0. The van der Waals surface area contributed by atoms with E-state index < -0.39 is 0 Å². The van der Waals surface area contributed by atoms with E-state index in [1.807, 2.05) is 0 Å². The molecule has 0 radical (unpaired) electrons. The zero-order chi connectivity index (χ0) is 15.7. The molecule has 1 aromatic rings. The van der Waals surface area contributed by atoms with E-state index in [1.54, 1.807) is 0 Å². The largest absolute Gasteiger partial charge is 0.351 e. The monoisotopic (exact) mass is 305 g/mol. The fourth-order valence-electron chi connectivity index (χ4n) is 3.58. The molecular formula is C16H27N5O. The SMILES string of the molecule is CC(C)c1nnc2n1CC(NC(=O)[C@H]1CCN[C@@H](C)C1)CC2. The van der Waals surface area contributed by atoms with Crippen LogP contribution in [0.4, 0.5) is 0 Å². The maximum Gasteiger partial charge on any atom is 0.223 e. The molecule has 3 atom stereocenters. The Bertz CT molecular complexity index is 539. The normalized spacial score (nSPS) is 28.5. The van der Waals surface area contributed by atoms with Gasteiger partial charge in [-0.25, -0.2) is 0 Å². The Morgan fingerprint density at radius 1 is 1.36 bits per heavy atom. The number of carbonyl (C=O) groups is 1.